The van der Waals surface area contributed by atoms with Gasteiger partial charge in [-0.1, -0.05) is 161 Å². The van der Waals surface area contributed by atoms with Crippen LogP contribution in [0.3, 0.4) is 0 Å². The van der Waals surface area contributed by atoms with Crippen molar-refractivity contribution >= 4 is 0 Å². The Bertz CT molecular complexity index is 290. The van der Waals surface area contributed by atoms with Gasteiger partial charge in [-0.3, -0.25) is 0 Å². The fourth-order valence-electron chi connectivity index (χ4n) is 4.27. The second-order valence-electron chi connectivity index (χ2n) is 9.47. The summed E-state index contributed by atoms with van der Waals surface area (Å²) < 4.78 is 0. The van der Waals surface area contributed by atoms with Crippen LogP contribution in [0.2, 0.25) is 0 Å². The maximum atomic E-state index is 2.45. The third-order valence-corrected chi connectivity index (χ3v) is 6.37. The molecule has 0 fully saturated rings. The molecule has 0 aliphatic heterocycles. The first-order valence-electron chi connectivity index (χ1n) is 14.1. The van der Waals surface area contributed by atoms with Gasteiger partial charge in [-0.05, 0) is 25.7 Å². The van der Waals surface area contributed by atoms with Crippen LogP contribution in [-0.2, 0) is 0 Å². The van der Waals surface area contributed by atoms with Gasteiger partial charge in [-0.25, -0.2) is 0 Å². The lowest BCUT2D eigenvalue weighted by Gasteiger charge is -2.02. The molecule has 0 saturated heterocycles. The smallest absolute Gasteiger partial charge is 0.0351 e. The van der Waals surface area contributed by atoms with Gasteiger partial charge in [-0.15, -0.1) is 0 Å². The molecule has 0 atom stereocenters. The molecular weight excluding hydrogens is 348 g/mol. The van der Waals surface area contributed by atoms with E-state index >= 15 is 0 Å². The minimum atomic E-state index is 1.31. The molecule has 174 valence electrons. The Morgan fingerprint density at radius 1 is 0.276 bits per heavy atom. The first kappa shape index (κ1) is 28.7. The molecule has 0 aromatic rings. The quantitative estimate of drug-likeness (QED) is 0.104. The van der Waals surface area contributed by atoms with E-state index in [4.69, 9.17) is 0 Å². The highest BCUT2D eigenvalue weighted by molar-refractivity contribution is 4.81. The zero-order valence-electron chi connectivity index (χ0n) is 20.8. The molecule has 0 bridgehead atoms. The van der Waals surface area contributed by atoms with Gasteiger partial charge in [0.05, 0.1) is 0 Å². The topological polar surface area (TPSA) is 0 Å². The molecule has 29 heavy (non-hydrogen) atoms. The summed E-state index contributed by atoms with van der Waals surface area (Å²) in [4.78, 5) is 0. The molecule has 0 heterocycles. The van der Waals surface area contributed by atoms with E-state index < -0.39 is 0 Å². The summed E-state index contributed by atoms with van der Waals surface area (Å²) in [6, 6.07) is 0. The third kappa shape index (κ3) is 27.7. The average molecular weight is 407 g/mol. The van der Waals surface area contributed by atoms with E-state index in [0.717, 1.165) is 0 Å². The molecule has 0 heteroatoms. The zero-order chi connectivity index (χ0) is 21.1. The van der Waals surface area contributed by atoms with Crippen LogP contribution in [0.4, 0.5) is 0 Å². The van der Waals surface area contributed by atoms with Crippen molar-refractivity contribution < 1.29 is 0 Å². The number of allylic oxidation sites excluding steroid dienone is 2. The van der Waals surface area contributed by atoms with E-state index in [-0.39, 0.29) is 0 Å². The molecule has 0 aromatic heterocycles. The Hall–Kier alpha value is -0.260. The van der Waals surface area contributed by atoms with Gasteiger partial charge < -0.3 is 0 Å². The average Bonchev–Trinajstić information content (AvgIpc) is 2.74. The normalized spacial score (nSPS) is 11.7. The molecular formula is C29H58. The van der Waals surface area contributed by atoms with Gasteiger partial charge in [0.2, 0.25) is 0 Å². The molecule has 0 aromatic carbocycles. The second kappa shape index (κ2) is 27.7. The molecule has 0 spiro atoms. The van der Waals surface area contributed by atoms with Gasteiger partial charge in [0.15, 0.2) is 0 Å². The van der Waals surface area contributed by atoms with Gasteiger partial charge in [-0.2, -0.15) is 0 Å². The predicted molar refractivity (Wildman–Crippen MR) is 136 cm³/mol. The first-order chi connectivity index (χ1) is 14.4. The number of unbranched alkanes of at least 4 members (excludes halogenated alkanes) is 23. The molecule has 0 saturated carbocycles. The number of rotatable bonds is 25. The fraction of sp³-hybridized carbons (Fsp3) is 0.931. The van der Waals surface area contributed by atoms with Crippen molar-refractivity contribution in [2.75, 3.05) is 0 Å². The minimum absolute atomic E-state index is 1.31. The summed E-state index contributed by atoms with van der Waals surface area (Å²) in [5.41, 5.74) is 0. The summed E-state index contributed by atoms with van der Waals surface area (Å²) in [7, 11) is 0. The summed E-state index contributed by atoms with van der Waals surface area (Å²) in [6.45, 7) is 4.60. The van der Waals surface area contributed by atoms with Crippen LogP contribution in [0, 0.1) is 0 Å². The maximum Gasteiger partial charge on any atom is -0.0351 e. The predicted octanol–water partition coefficient (Wildman–Crippen LogP) is 11.3. The summed E-state index contributed by atoms with van der Waals surface area (Å²) in [5.74, 6) is 0. The molecule has 0 unspecified atom stereocenters. The van der Waals surface area contributed by atoms with Crippen molar-refractivity contribution in [2.45, 2.75) is 174 Å². The van der Waals surface area contributed by atoms with Crippen LogP contribution in [0.5, 0.6) is 0 Å². The summed E-state index contributed by atoms with van der Waals surface area (Å²) in [5, 5.41) is 0. The molecule has 0 aliphatic carbocycles. The Balaban J connectivity index is 3.05. The maximum absolute atomic E-state index is 2.45. The first-order valence-corrected chi connectivity index (χ1v) is 14.1. The lowest BCUT2D eigenvalue weighted by atomic mass is 10.0. The van der Waals surface area contributed by atoms with Crippen LogP contribution >= 0.6 is 0 Å². The Morgan fingerprint density at radius 2 is 0.483 bits per heavy atom. The Morgan fingerprint density at radius 3 is 0.724 bits per heavy atom. The largest absolute Gasteiger partial charge is 0.0885 e. The highest BCUT2D eigenvalue weighted by atomic mass is 14.0. The Kier molecular flexibility index (Phi) is 27.5. The highest BCUT2D eigenvalue weighted by Gasteiger charge is 1.94. The van der Waals surface area contributed by atoms with Crippen LogP contribution in [0.1, 0.15) is 174 Å². The van der Waals surface area contributed by atoms with Gasteiger partial charge >= 0.3 is 0 Å². The standard InChI is InChI=1S/C29H58/c1-3-5-7-9-11-13-15-17-19-21-23-25-27-29-28-26-24-22-20-18-16-14-12-10-8-6-4-2/h25,27H,3-24,26,28-29H2,1-2H3/b27-25-. The van der Waals surface area contributed by atoms with Crippen molar-refractivity contribution in [1.29, 1.82) is 0 Å². The van der Waals surface area contributed by atoms with Crippen LogP contribution < -0.4 is 0 Å². The SMILES string of the molecule is CCCCCCCCCCCC/C=C\CCCCCCCCCCCCCCC. The third-order valence-electron chi connectivity index (χ3n) is 6.37. The molecule has 0 aliphatic rings. The van der Waals surface area contributed by atoms with Crippen LogP contribution in [0.25, 0.3) is 0 Å². The zero-order valence-corrected chi connectivity index (χ0v) is 20.8. The van der Waals surface area contributed by atoms with E-state index in [9.17, 15) is 0 Å². The summed E-state index contributed by atoms with van der Waals surface area (Å²) in [6.07, 6.45) is 40.9. The van der Waals surface area contributed by atoms with E-state index in [1.165, 1.54) is 161 Å². The van der Waals surface area contributed by atoms with E-state index in [1.54, 1.807) is 0 Å². The monoisotopic (exact) mass is 406 g/mol. The van der Waals surface area contributed by atoms with Crippen molar-refractivity contribution in [3.63, 3.8) is 0 Å². The van der Waals surface area contributed by atoms with Crippen molar-refractivity contribution in [3.8, 4) is 0 Å². The lowest BCUT2D eigenvalue weighted by molar-refractivity contribution is 0.540. The fourth-order valence-corrected chi connectivity index (χ4v) is 4.27. The van der Waals surface area contributed by atoms with Crippen LogP contribution in [0.15, 0.2) is 12.2 Å². The van der Waals surface area contributed by atoms with Gasteiger partial charge in [0.1, 0.15) is 0 Å². The molecule has 0 N–H and O–H groups in total. The lowest BCUT2D eigenvalue weighted by Crippen LogP contribution is -1.83. The van der Waals surface area contributed by atoms with Crippen molar-refractivity contribution in [2.24, 2.45) is 0 Å². The molecule has 0 radical (unpaired) electrons. The summed E-state index contributed by atoms with van der Waals surface area (Å²) >= 11 is 0. The number of hydrogen-bond donors (Lipinski definition) is 0. The molecule has 0 nitrogen and oxygen atoms in total. The number of hydrogen-bond acceptors (Lipinski definition) is 0. The van der Waals surface area contributed by atoms with Gasteiger partial charge in [0, 0.05) is 0 Å². The molecule has 0 rings (SSSR count). The van der Waals surface area contributed by atoms with Crippen LogP contribution in [-0.4, -0.2) is 0 Å². The van der Waals surface area contributed by atoms with E-state index in [2.05, 4.69) is 26.0 Å². The highest BCUT2D eigenvalue weighted by Crippen LogP contribution is 2.14. The van der Waals surface area contributed by atoms with Gasteiger partial charge in [0.25, 0.3) is 0 Å². The Labute approximate surface area is 186 Å². The van der Waals surface area contributed by atoms with Crippen molar-refractivity contribution in [3.05, 3.63) is 12.2 Å². The van der Waals surface area contributed by atoms with Crippen molar-refractivity contribution in [1.82, 2.24) is 0 Å². The minimum Gasteiger partial charge on any atom is -0.0885 e. The second-order valence-corrected chi connectivity index (χ2v) is 9.47. The van der Waals surface area contributed by atoms with E-state index in [0.29, 0.717) is 0 Å². The van der Waals surface area contributed by atoms with E-state index in [1.807, 2.05) is 0 Å². The molecule has 0 amide bonds.